The van der Waals surface area contributed by atoms with Gasteiger partial charge in [-0.15, -0.1) is 0 Å². The smallest absolute Gasteiger partial charge is 0.225 e. The van der Waals surface area contributed by atoms with Crippen molar-refractivity contribution < 1.29 is 0 Å². The Kier molecular flexibility index (Phi) is 3.42. The Bertz CT molecular complexity index is 584. The minimum absolute atomic E-state index is 0.446. The largest absolute Gasteiger partial charge is 0.346 e. The van der Waals surface area contributed by atoms with Crippen molar-refractivity contribution in [3.05, 3.63) is 35.2 Å². The summed E-state index contributed by atoms with van der Waals surface area (Å²) in [6, 6.07) is 2.01. The van der Waals surface area contributed by atoms with Crippen LogP contribution in [-0.4, -0.2) is 33.0 Å². The van der Waals surface area contributed by atoms with Crippen LogP contribution < -0.4 is 4.90 Å². The highest BCUT2D eigenvalue weighted by Crippen LogP contribution is 2.27. The van der Waals surface area contributed by atoms with E-state index in [4.69, 9.17) is 0 Å². The first-order valence-electron chi connectivity index (χ1n) is 7.20. The van der Waals surface area contributed by atoms with Crippen LogP contribution in [-0.2, 0) is 0 Å². The number of anilines is 1. The molecule has 3 heterocycles. The van der Waals surface area contributed by atoms with Crippen LogP contribution in [0.15, 0.2) is 12.3 Å². The summed E-state index contributed by atoms with van der Waals surface area (Å²) in [6.07, 6.45) is 4.23. The molecule has 1 saturated heterocycles. The lowest BCUT2D eigenvalue weighted by molar-refractivity contribution is 0.487. The molecule has 0 radical (unpaired) electrons. The van der Waals surface area contributed by atoms with Crippen molar-refractivity contribution in [2.45, 2.75) is 39.5 Å². The molecule has 2 aromatic rings. The van der Waals surface area contributed by atoms with Gasteiger partial charge in [0.1, 0.15) is 5.82 Å². The molecule has 1 unspecified atom stereocenters. The van der Waals surface area contributed by atoms with E-state index in [0.29, 0.717) is 5.92 Å². The van der Waals surface area contributed by atoms with Crippen molar-refractivity contribution in [3.63, 3.8) is 0 Å². The Hall–Kier alpha value is -1.91. The van der Waals surface area contributed by atoms with E-state index in [-0.39, 0.29) is 0 Å². The molecule has 0 amide bonds. The van der Waals surface area contributed by atoms with Gasteiger partial charge in [-0.3, -0.25) is 0 Å². The topological polar surface area (TPSA) is 57.7 Å². The van der Waals surface area contributed by atoms with E-state index in [0.717, 1.165) is 48.4 Å². The van der Waals surface area contributed by atoms with Crippen molar-refractivity contribution in [2.24, 2.45) is 0 Å². The van der Waals surface area contributed by atoms with Gasteiger partial charge in [-0.2, -0.15) is 0 Å². The highest BCUT2D eigenvalue weighted by molar-refractivity contribution is 5.34. The number of hydrogen-bond acceptors (Lipinski definition) is 4. The van der Waals surface area contributed by atoms with E-state index in [1.807, 2.05) is 33.0 Å². The summed E-state index contributed by atoms with van der Waals surface area (Å²) >= 11 is 0. The lowest BCUT2D eigenvalue weighted by Gasteiger charge is -2.32. The molecule has 0 bridgehead atoms. The summed E-state index contributed by atoms with van der Waals surface area (Å²) < 4.78 is 0. The number of aromatic amines is 1. The molecule has 0 aliphatic carbocycles. The fourth-order valence-corrected chi connectivity index (χ4v) is 2.87. The Morgan fingerprint density at radius 1 is 1.20 bits per heavy atom. The molecule has 3 rings (SSSR count). The number of hydrogen-bond donors (Lipinski definition) is 1. The van der Waals surface area contributed by atoms with Crippen LogP contribution in [0.4, 0.5) is 5.95 Å². The molecule has 1 aliphatic rings. The van der Waals surface area contributed by atoms with Crippen LogP contribution >= 0.6 is 0 Å². The summed E-state index contributed by atoms with van der Waals surface area (Å²) in [7, 11) is 0. The van der Waals surface area contributed by atoms with Crippen LogP contribution in [0.2, 0.25) is 0 Å². The van der Waals surface area contributed by atoms with Gasteiger partial charge in [-0.05, 0) is 39.7 Å². The number of nitrogens with zero attached hydrogens (tertiary/aromatic N) is 4. The molecule has 0 aromatic carbocycles. The van der Waals surface area contributed by atoms with Crippen molar-refractivity contribution >= 4 is 5.95 Å². The predicted octanol–water partition coefficient (Wildman–Crippen LogP) is 2.51. The first-order valence-corrected chi connectivity index (χ1v) is 7.20. The maximum absolute atomic E-state index is 4.58. The first kappa shape index (κ1) is 13.1. The lowest BCUT2D eigenvalue weighted by atomic mass is 9.97. The number of H-pyrrole nitrogens is 1. The molecule has 0 spiro atoms. The maximum Gasteiger partial charge on any atom is 0.225 e. The molecule has 1 aliphatic heterocycles. The number of aryl methyl sites for hydroxylation is 3. The van der Waals surface area contributed by atoms with E-state index >= 15 is 0 Å². The third-order valence-corrected chi connectivity index (χ3v) is 3.78. The molecule has 0 saturated carbocycles. The predicted molar refractivity (Wildman–Crippen MR) is 79.0 cm³/mol. The molecule has 1 N–H and O–H groups in total. The van der Waals surface area contributed by atoms with Gasteiger partial charge < -0.3 is 9.88 Å². The zero-order valence-electron chi connectivity index (χ0n) is 12.3. The van der Waals surface area contributed by atoms with E-state index < -0.39 is 0 Å². The normalized spacial score (nSPS) is 19.4. The number of imidazole rings is 1. The minimum Gasteiger partial charge on any atom is -0.346 e. The minimum atomic E-state index is 0.446. The molecule has 2 aromatic heterocycles. The van der Waals surface area contributed by atoms with E-state index in [1.54, 1.807) is 0 Å². The van der Waals surface area contributed by atoms with Crippen LogP contribution in [0.1, 0.15) is 41.7 Å². The van der Waals surface area contributed by atoms with Gasteiger partial charge in [0.15, 0.2) is 0 Å². The SMILES string of the molecule is Cc1cc(C)nc(N2CCCC(c3ncc(C)[nH]3)C2)n1. The van der Waals surface area contributed by atoms with E-state index in [2.05, 4.69) is 24.8 Å². The fraction of sp³-hybridized carbons (Fsp3) is 0.533. The molecule has 1 fully saturated rings. The Morgan fingerprint density at radius 3 is 2.60 bits per heavy atom. The van der Waals surface area contributed by atoms with Crippen LogP contribution in [0.25, 0.3) is 0 Å². The third-order valence-electron chi connectivity index (χ3n) is 3.78. The third kappa shape index (κ3) is 2.66. The first-order chi connectivity index (χ1) is 9.61. The molecule has 106 valence electrons. The lowest BCUT2D eigenvalue weighted by Crippen LogP contribution is -2.36. The summed E-state index contributed by atoms with van der Waals surface area (Å²) in [5.41, 5.74) is 3.19. The van der Waals surface area contributed by atoms with Gasteiger partial charge in [0.25, 0.3) is 0 Å². The quantitative estimate of drug-likeness (QED) is 0.911. The Balaban J connectivity index is 1.81. The molecule has 1 atom stereocenters. The van der Waals surface area contributed by atoms with E-state index in [1.165, 1.54) is 6.42 Å². The van der Waals surface area contributed by atoms with Gasteiger partial charge in [0.2, 0.25) is 5.95 Å². The number of aromatic nitrogens is 4. The van der Waals surface area contributed by atoms with Gasteiger partial charge in [-0.25, -0.2) is 15.0 Å². The zero-order valence-corrected chi connectivity index (χ0v) is 12.3. The summed E-state index contributed by atoms with van der Waals surface area (Å²) in [5, 5.41) is 0. The monoisotopic (exact) mass is 271 g/mol. The molecule has 5 heteroatoms. The Labute approximate surface area is 119 Å². The fourth-order valence-electron chi connectivity index (χ4n) is 2.87. The average molecular weight is 271 g/mol. The van der Waals surface area contributed by atoms with Crippen molar-refractivity contribution in [3.8, 4) is 0 Å². The Morgan fingerprint density at radius 2 is 1.95 bits per heavy atom. The van der Waals surface area contributed by atoms with E-state index in [9.17, 15) is 0 Å². The highest BCUT2D eigenvalue weighted by Gasteiger charge is 2.25. The summed E-state index contributed by atoms with van der Waals surface area (Å²) in [6.45, 7) is 8.06. The highest BCUT2D eigenvalue weighted by atomic mass is 15.3. The van der Waals surface area contributed by atoms with Crippen molar-refractivity contribution in [2.75, 3.05) is 18.0 Å². The summed E-state index contributed by atoms with van der Waals surface area (Å²) in [4.78, 5) is 19.3. The molecular formula is C15H21N5. The van der Waals surface area contributed by atoms with Crippen molar-refractivity contribution in [1.29, 1.82) is 0 Å². The molecular weight excluding hydrogens is 250 g/mol. The maximum atomic E-state index is 4.58. The number of nitrogens with one attached hydrogen (secondary N) is 1. The van der Waals surface area contributed by atoms with Gasteiger partial charge in [-0.1, -0.05) is 0 Å². The zero-order chi connectivity index (χ0) is 14.1. The van der Waals surface area contributed by atoms with Gasteiger partial charge in [0, 0.05) is 42.3 Å². The second-order valence-electron chi connectivity index (χ2n) is 5.69. The second kappa shape index (κ2) is 5.23. The summed E-state index contributed by atoms with van der Waals surface area (Å²) in [5.74, 6) is 2.40. The van der Waals surface area contributed by atoms with Crippen LogP contribution in [0.3, 0.4) is 0 Å². The standard InChI is InChI=1S/C15H21N5/c1-10-7-11(2)19-15(18-10)20-6-4-5-13(9-20)14-16-8-12(3)17-14/h7-8,13H,4-6,9H2,1-3H3,(H,16,17). The molecule has 5 nitrogen and oxygen atoms in total. The average Bonchev–Trinajstić information content (AvgIpc) is 2.85. The van der Waals surface area contributed by atoms with Crippen molar-refractivity contribution in [1.82, 2.24) is 19.9 Å². The van der Waals surface area contributed by atoms with Crippen LogP contribution in [0, 0.1) is 20.8 Å². The number of piperidine rings is 1. The molecule has 20 heavy (non-hydrogen) atoms. The van der Waals surface area contributed by atoms with Gasteiger partial charge in [0.05, 0.1) is 0 Å². The van der Waals surface area contributed by atoms with Gasteiger partial charge >= 0.3 is 0 Å². The second-order valence-corrected chi connectivity index (χ2v) is 5.69. The number of rotatable bonds is 2. The van der Waals surface area contributed by atoms with Crippen LogP contribution in [0.5, 0.6) is 0 Å².